The molecular formula is C31H26N2O5. The van der Waals surface area contributed by atoms with Crippen molar-refractivity contribution in [2.75, 3.05) is 19.0 Å². The molecule has 4 rings (SSSR count). The fourth-order valence-corrected chi connectivity index (χ4v) is 3.80. The van der Waals surface area contributed by atoms with Crippen molar-refractivity contribution in [2.24, 2.45) is 0 Å². The molecule has 7 heteroatoms. The average molecular weight is 507 g/mol. The number of anilines is 1. The first-order valence-corrected chi connectivity index (χ1v) is 12.0. The van der Waals surface area contributed by atoms with Gasteiger partial charge in [-0.05, 0) is 77.4 Å². The van der Waals surface area contributed by atoms with E-state index in [0.717, 1.165) is 16.3 Å². The van der Waals surface area contributed by atoms with E-state index in [1.807, 2.05) is 24.3 Å². The van der Waals surface area contributed by atoms with Crippen LogP contribution in [0.15, 0.2) is 90.5 Å². The van der Waals surface area contributed by atoms with Crippen molar-refractivity contribution in [3.63, 3.8) is 0 Å². The van der Waals surface area contributed by atoms with Crippen LogP contribution in [0.4, 0.5) is 5.69 Å². The maximum atomic E-state index is 12.7. The lowest BCUT2D eigenvalue weighted by Crippen LogP contribution is -2.13. The fraction of sp³-hybridized carbons (Fsp3) is 0.129. The summed E-state index contributed by atoms with van der Waals surface area (Å²) in [5, 5.41) is 14.5. The van der Waals surface area contributed by atoms with Gasteiger partial charge in [-0.1, -0.05) is 42.5 Å². The minimum atomic E-state index is -0.577. The summed E-state index contributed by atoms with van der Waals surface area (Å²) in [5.74, 6) is 0.00264. The van der Waals surface area contributed by atoms with Gasteiger partial charge in [0.1, 0.15) is 18.2 Å². The first-order valence-electron chi connectivity index (χ1n) is 12.0. The van der Waals surface area contributed by atoms with Gasteiger partial charge >= 0.3 is 5.97 Å². The molecule has 4 aromatic rings. The van der Waals surface area contributed by atoms with Crippen LogP contribution in [0.5, 0.6) is 11.5 Å². The van der Waals surface area contributed by atoms with Crippen molar-refractivity contribution in [2.45, 2.75) is 13.5 Å². The molecule has 0 radical (unpaired) electrons. The molecule has 0 atom stereocenters. The van der Waals surface area contributed by atoms with Crippen molar-refractivity contribution in [3.8, 4) is 17.6 Å². The average Bonchev–Trinajstić information content (AvgIpc) is 2.95. The number of fused-ring (bicyclic) bond motifs is 1. The molecule has 38 heavy (non-hydrogen) atoms. The van der Waals surface area contributed by atoms with Crippen LogP contribution in [0.25, 0.3) is 16.8 Å². The van der Waals surface area contributed by atoms with E-state index in [9.17, 15) is 14.9 Å². The Hall–Kier alpha value is -5.09. The molecular weight excluding hydrogens is 480 g/mol. The smallest absolute Gasteiger partial charge is 0.338 e. The van der Waals surface area contributed by atoms with E-state index >= 15 is 0 Å². The number of benzene rings is 4. The molecule has 0 unspecified atom stereocenters. The zero-order chi connectivity index (χ0) is 26.9. The van der Waals surface area contributed by atoms with Gasteiger partial charge in [0.25, 0.3) is 5.91 Å². The van der Waals surface area contributed by atoms with E-state index in [1.54, 1.807) is 49.4 Å². The fourth-order valence-electron chi connectivity index (χ4n) is 3.80. The second kappa shape index (κ2) is 12.2. The Morgan fingerprint density at radius 1 is 0.921 bits per heavy atom. The predicted octanol–water partition coefficient (Wildman–Crippen LogP) is 6.15. The molecule has 0 aromatic heterocycles. The largest absolute Gasteiger partial charge is 0.493 e. The zero-order valence-electron chi connectivity index (χ0n) is 21.1. The van der Waals surface area contributed by atoms with Gasteiger partial charge in [0.2, 0.25) is 0 Å². The molecule has 190 valence electrons. The van der Waals surface area contributed by atoms with Gasteiger partial charge in [-0.3, -0.25) is 4.79 Å². The van der Waals surface area contributed by atoms with Crippen molar-refractivity contribution in [1.29, 1.82) is 5.26 Å². The molecule has 1 amide bonds. The number of carbonyl (C=O) groups is 2. The third-order valence-corrected chi connectivity index (χ3v) is 5.73. The van der Waals surface area contributed by atoms with Crippen molar-refractivity contribution < 1.29 is 23.8 Å². The maximum Gasteiger partial charge on any atom is 0.338 e. The summed E-state index contributed by atoms with van der Waals surface area (Å²) in [4.78, 5) is 24.5. The van der Waals surface area contributed by atoms with Gasteiger partial charge in [0, 0.05) is 5.69 Å². The normalized spacial score (nSPS) is 10.9. The first kappa shape index (κ1) is 26.0. The minimum absolute atomic E-state index is 0.0913. The molecule has 0 spiro atoms. The van der Waals surface area contributed by atoms with Gasteiger partial charge in [-0.25, -0.2) is 4.79 Å². The lowest BCUT2D eigenvalue weighted by Gasteiger charge is -2.12. The van der Waals surface area contributed by atoms with Crippen LogP contribution in [0, 0.1) is 11.3 Å². The van der Waals surface area contributed by atoms with E-state index in [4.69, 9.17) is 14.2 Å². The Balaban J connectivity index is 1.44. The lowest BCUT2D eigenvalue weighted by molar-refractivity contribution is -0.112. The monoisotopic (exact) mass is 506 g/mol. The SMILES string of the molecule is CCOC(=O)c1ccc(NC(=O)/C(C#N)=C/c2ccc(OCc3ccc4ccccc4c3)c(OC)c2)cc1. The highest BCUT2D eigenvalue weighted by Crippen LogP contribution is 2.30. The summed E-state index contributed by atoms with van der Waals surface area (Å²) in [7, 11) is 1.53. The van der Waals surface area contributed by atoms with Crippen LogP contribution in [0.1, 0.15) is 28.4 Å². The zero-order valence-corrected chi connectivity index (χ0v) is 21.1. The molecule has 0 heterocycles. The van der Waals surface area contributed by atoms with E-state index in [0.29, 0.717) is 34.9 Å². The Kier molecular flexibility index (Phi) is 8.37. The number of ether oxygens (including phenoxy) is 3. The summed E-state index contributed by atoms with van der Waals surface area (Å²) < 4.78 is 16.4. The number of amides is 1. The highest BCUT2D eigenvalue weighted by Gasteiger charge is 2.13. The Labute approximate surface area is 220 Å². The van der Waals surface area contributed by atoms with Gasteiger partial charge in [0.05, 0.1) is 19.3 Å². The van der Waals surface area contributed by atoms with E-state index in [-0.39, 0.29) is 12.2 Å². The van der Waals surface area contributed by atoms with Crippen molar-refractivity contribution >= 4 is 34.4 Å². The number of rotatable bonds is 9. The quantitative estimate of drug-likeness (QED) is 0.166. The highest BCUT2D eigenvalue weighted by molar-refractivity contribution is 6.09. The number of carbonyl (C=O) groups excluding carboxylic acids is 2. The molecule has 1 N–H and O–H groups in total. The number of nitriles is 1. The Morgan fingerprint density at radius 3 is 2.39 bits per heavy atom. The standard InChI is InChI=1S/C31H26N2O5/c1-3-37-31(35)24-11-13-27(14-12-24)33-30(34)26(19-32)16-21-9-15-28(29(18-21)36-2)38-20-22-8-10-23-6-4-5-7-25(23)17-22/h4-18H,3,20H2,1-2H3,(H,33,34)/b26-16+. The minimum Gasteiger partial charge on any atom is -0.493 e. The lowest BCUT2D eigenvalue weighted by atomic mass is 10.1. The molecule has 0 bridgehead atoms. The number of nitrogens with one attached hydrogen (secondary N) is 1. The number of nitrogens with zero attached hydrogens (tertiary/aromatic N) is 1. The topological polar surface area (TPSA) is 97.7 Å². The number of methoxy groups -OCH3 is 1. The Morgan fingerprint density at radius 2 is 1.68 bits per heavy atom. The Bertz CT molecular complexity index is 1530. The molecule has 0 aliphatic rings. The third-order valence-electron chi connectivity index (χ3n) is 5.73. The van der Waals surface area contributed by atoms with Crippen LogP contribution >= 0.6 is 0 Å². The van der Waals surface area contributed by atoms with Gasteiger partial charge in [0.15, 0.2) is 11.5 Å². The van der Waals surface area contributed by atoms with Crippen LogP contribution in [0.3, 0.4) is 0 Å². The van der Waals surface area contributed by atoms with Gasteiger partial charge < -0.3 is 19.5 Å². The van der Waals surface area contributed by atoms with Crippen LogP contribution < -0.4 is 14.8 Å². The van der Waals surface area contributed by atoms with Crippen molar-refractivity contribution in [1.82, 2.24) is 0 Å². The van der Waals surface area contributed by atoms with Gasteiger partial charge in [-0.15, -0.1) is 0 Å². The number of hydrogen-bond acceptors (Lipinski definition) is 6. The van der Waals surface area contributed by atoms with Gasteiger partial charge in [-0.2, -0.15) is 5.26 Å². The molecule has 0 fully saturated rings. The summed E-state index contributed by atoms with van der Waals surface area (Å²) in [6, 6.07) is 27.7. The maximum absolute atomic E-state index is 12.7. The third kappa shape index (κ3) is 6.37. The molecule has 0 saturated heterocycles. The summed E-state index contributed by atoms with van der Waals surface area (Å²) in [5.41, 5.74) is 2.35. The van der Waals surface area contributed by atoms with E-state index in [1.165, 1.54) is 13.2 Å². The van der Waals surface area contributed by atoms with Crippen LogP contribution in [0.2, 0.25) is 0 Å². The van der Waals surface area contributed by atoms with Crippen molar-refractivity contribution in [3.05, 3.63) is 107 Å². The number of esters is 1. The molecule has 0 saturated carbocycles. The summed E-state index contributed by atoms with van der Waals surface area (Å²) >= 11 is 0. The second-order valence-corrected chi connectivity index (χ2v) is 8.30. The highest BCUT2D eigenvalue weighted by atomic mass is 16.5. The first-order chi connectivity index (χ1) is 18.5. The number of hydrogen-bond donors (Lipinski definition) is 1. The summed E-state index contributed by atoms with van der Waals surface area (Å²) in [6.07, 6.45) is 1.47. The molecule has 4 aromatic carbocycles. The van der Waals surface area contributed by atoms with Crippen LogP contribution in [-0.2, 0) is 16.1 Å². The second-order valence-electron chi connectivity index (χ2n) is 8.30. The molecule has 0 aliphatic heterocycles. The van der Waals surface area contributed by atoms with E-state index < -0.39 is 11.9 Å². The molecule has 0 aliphatic carbocycles. The van der Waals surface area contributed by atoms with Crippen LogP contribution in [-0.4, -0.2) is 25.6 Å². The predicted molar refractivity (Wildman–Crippen MR) is 146 cm³/mol. The molecule has 7 nitrogen and oxygen atoms in total. The summed E-state index contributed by atoms with van der Waals surface area (Å²) in [6.45, 7) is 2.36. The van der Waals surface area contributed by atoms with E-state index in [2.05, 4.69) is 29.6 Å².